The van der Waals surface area contributed by atoms with Gasteiger partial charge in [0.1, 0.15) is 12.4 Å². The van der Waals surface area contributed by atoms with Crippen molar-refractivity contribution in [2.75, 3.05) is 26.8 Å². The molecule has 32 heavy (non-hydrogen) atoms. The topological polar surface area (TPSA) is 49.9 Å². The number of nitrogens with zero attached hydrogens (tertiary/aromatic N) is 2. The van der Waals surface area contributed by atoms with E-state index in [2.05, 4.69) is 0 Å². The average molecular weight is 455 g/mol. The molecule has 0 atom stereocenters. The summed E-state index contributed by atoms with van der Waals surface area (Å²) in [4.78, 5) is 30.7. The van der Waals surface area contributed by atoms with Gasteiger partial charge in [0.05, 0.1) is 13.2 Å². The molecule has 0 aliphatic rings. The summed E-state index contributed by atoms with van der Waals surface area (Å²) in [5, 5.41) is 2.01. The number of thiophene rings is 1. The highest BCUT2D eigenvalue weighted by Crippen LogP contribution is 2.20. The van der Waals surface area contributed by atoms with Crippen molar-refractivity contribution >= 4 is 23.2 Å². The number of hydrogen-bond donors (Lipinski definition) is 0. The van der Waals surface area contributed by atoms with Crippen LogP contribution in [0.25, 0.3) is 0 Å². The number of benzene rings is 2. The summed E-state index contributed by atoms with van der Waals surface area (Å²) in [6.07, 6.45) is 0. The predicted octanol–water partition coefficient (Wildman–Crippen LogP) is 4.51. The van der Waals surface area contributed by atoms with Crippen molar-refractivity contribution in [3.05, 3.63) is 93.4 Å². The van der Waals surface area contributed by atoms with E-state index in [9.17, 15) is 14.0 Å². The molecule has 5 nitrogen and oxygen atoms in total. The van der Waals surface area contributed by atoms with Crippen LogP contribution in [0.15, 0.2) is 66.0 Å². The van der Waals surface area contributed by atoms with Gasteiger partial charge in [-0.3, -0.25) is 9.59 Å². The van der Waals surface area contributed by atoms with E-state index in [1.54, 1.807) is 22.3 Å². The molecule has 0 bridgehead atoms. The van der Waals surface area contributed by atoms with E-state index in [-0.39, 0.29) is 31.2 Å². The minimum Gasteiger partial charge on any atom is -0.383 e. The monoisotopic (exact) mass is 454 g/mol. The second-order valence-corrected chi connectivity index (χ2v) is 8.49. The van der Waals surface area contributed by atoms with Crippen molar-refractivity contribution in [3.63, 3.8) is 0 Å². The van der Waals surface area contributed by atoms with E-state index in [1.165, 1.54) is 30.2 Å². The first-order chi connectivity index (χ1) is 15.5. The van der Waals surface area contributed by atoms with Gasteiger partial charge in [0, 0.05) is 30.6 Å². The van der Waals surface area contributed by atoms with Gasteiger partial charge in [-0.15, -0.1) is 11.3 Å². The van der Waals surface area contributed by atoms with Crippen LogP contribution in [-0.4, -0.2) is 48.4 Å². The van der Waals surface area contributed by atoms with Gasteiger partial charge in [-0.05, 0) is 47.7 Å². The molecule has 1 aromatic heterocycles. The average Bonchev–Trinajstić information content (AvgIpc) is 3.20. The smallest absolute Gasteiger partial charge is 0.254 e. The summed E-state index contributed by atoms with van der Waals surface area (Å²) in [5.74, 6) is -1.07. The molecule has 0 N–H and O–H groups in total. The second-order valence-electron chi connectivity index (χ2n) is 7.49. The molecule has 0 radical (unpaired) electrons. The molecular formula is C25H27FN2O3S. The Kier molecular flexibility index (Phi) is 8.53. The Morgan fingerprint density at radius 1 is 1.00 bits per heavy atom. The number of carbonyl (C=O) groups is 2. The zero-order valence-electron chi connectivity index (χ0n) is 18.3. The lowest BCUT2D eigenvalue weighted by molar-refractivity contribution is -0.133. The van der Waals surface area contributed by atoms with Crippen LogP contribution in [-0.2, 0) is 22.6 Å². The Bertz CT molecular complexity index is 1040. The lowest BCUT2D eigenvalue weighted by atomic mass is 10.1. The van der Waals surface area contributed by atoms with Crippen LogP contribution in [0.1, 0.15) is 26.4 Å². The highest BCUT2D eigenvalue weighted by molar-refractivity contribution is 7.10. The van der Waals surface area contributed by atoms with E-state index in [0.29, 0.717) is 13.1 Å². The number of ether oxygens (including phenoxy) is 1. The Balaban J connectivity index is 1.81. The van der Waals surface area contributed by atoms with Crippen LogP contribution < -0.4 is 0 Å². The highest BCUT2D eigenvalue weighted by Gasteiger charge is 2.23. The van der Waals surface area contributed by atoms with E-state index in [0.717, 1.165) is 16.0 Å². The summed E-state index contributed by atoms with van der Waals surface area (Å²) in [6.45, 7) is 3.31. The number of aryl methyl sites for hydroxylation is 1. The third-order valence-electron chi connectivity index (χ3n) is 5.12. The number of hydrogen-bond acceptors (Lipinski definition) is 4. The molecule has 2 amide bonds. The van der Waals surface area contributed by atoms with Crippen molar-refractivity contribution in [2.24, 2.45) is 0 Å². The summed E-state index contributed by atoms with van der Waals surface area (Å²) in [5.41, 5.74) is 2.35. The molecule has 0 saturated carbocycles. The zero-order chi connectivity index (χ0) is 22.9. The Morgan fingerprint density at radius 2 is 1.78 bits per heavy atom. The second kappa shape index (κ2) is 11.5. The standard InChI is InChI=1S/C25H27FN2O3S/c1-19-11-14-32-23(19)17-28(16-20-7-4-3-5-8-20)24(29)18-27(12-13-31-2)25(30)21-9-6-10-22(26)15-21/h3-11,14-15H,12-13,16-18H2,1-2H3. The predicted molar refractivity (Wildman–Crippen MR) is 124 cm³/mol. The molecule has 0 unspecified atom stereocenters. The molecule has 7 heteroatoms. The molecule has 0 spiro atoms. The van der Waals surface area contributed by atoms with Gasteiger partial charge in [0.2, 0.25) is 5.91 Å². The molecule has 0 saturated heterocycles. The minimum absolute atomic E-state index is 0.115. The molecule has 168 valence electrons. The number of amides is 2. The van der Waals surface area contributed by atoms with Gasteiger partial charge in [0.25, 0.3) is 5.91 Å². The van der Waals surface area contributed by atoms with Crippen molar-refractivity contribution in [2.45, 2.75) is 20.0 Å². The first kappa shape index (κ1) is 23.6. The zero-order valence-corrected chi connectivity index (χ0v) is 19.1. The number of methoxy groups -OCH3 is 1. The van der Waals surface area contributed by atoms with Crippen molar-refractivity contribution in [3.8, 4) is 0 Å². The molecule has 3 rings (SSSR count). The SMILES string of the molecule is COCCN(CC(=O)N(Cc1ccccc1)Cc1sccc1C)C(=O)c1cccc(F)c1. The normalized spacial score (nSPS) is 10.7. The minimum atomic E-state index is -0.493. The van der Waals surface area contributed by atoms with Crippen LogP contribution in [0.2, 0.25) is 0 Å². The third-order valence-corrected chi connectivity index (χ3v) is 6.13. The molecular weight excluding hydrogens is 427 g/mol. The maximum absolute atomic E-state index is 13.7. The summed E-state index contributed by atoms with van der Waals surface area (Å²) >= 11 is 1.61. The van der Waals surface area contributed by atoms with Crippen LogP contribution >= 0.6 is 11.3 Å². The van der Waals surface area contributed by atoms with Gasteiger partial charge in [-0.2, -0.15) is 0 Å². The first-order valence-electron chi connectivity index (χ1n) is 10.4. The van der Waals surface area contributed by atoms with E-state index in [4.69, 9.17) is 4.74 Å². The highest BCUT2D eigenvalue weighted by atomic mass is 32.1. The quantitative estimate of drug-likeness (QED) is 0.453. The van der Waals surface area contributed by atoms with E-state index < -0.39 is 11.7 Å². The fraction of sp³-hybridized carbons (Fsp3) is 0.280. The number of rotatable bonds is 10. The fourth-order valence-electron chi connectivity index (χ4n) is 3.30. The van der Waals surface area contributed by atoms with Gasteiger partial charge in [-0.25, -0.2) is 4.39 Å². The summed E-state index contributed by atoms with van der Waals surface area (Å²) in [7, 11) is 1.54. The Hall–Kier alpha value is -3.03. The van der Waals surface area contributed by atoms with Crippen LogP contribution in [0.3, 0.4) is 0 Å². The van der Waals surface area contributed by atoms with Crippen molar-refractivity contribution in [1.29, 1.82) is 0 Å². The largest absolute Gasteiger partial charge is 0.383 e. The van der Waals surface area contributed by atoms with Crippen LogP contribution in [0, 0.1) is 12.7 Å². The fourth-order valence-corrected chi connectivity index (χ4v) is 4.22. The summed E-state index contributed by atoms with van der Waals surface area (Å²) in [6, 6.07) is 17.3. The van der Waals surface area contributed by atoms with Crippen LogP contribution in [0.4, 0.5) is 4.39 Å². The molecule has 1 heterocycles. The molecule has 0 aliphatic heterocycles. The van der Waals surface area contributed by atoms with Gasteiger partial charge >= 0.3 is 0 Å². The molecule has 0 fully saturated rings. The number of halogens is 1. The van der Waals surface area contributed by atoms with Crippen molar-refractivity contribution in [1.82, 2.24) is 9.80 Å². The van der Waals surface area contributed by atoms with Gasteiger partial charge in [-0.1, -0.05) is 36.4 Å². The summed E-state index contributed by atoms with van der Waals surface area (Å²) < 4.78 is 18.8. The Labute approximate surface area is 192 Å². The number of carbonyl (C=O) groups excluding carboxylic acids is 2. The molecule has 3 aromatic rings. The lowest BCUT2D eigenvalue weighted by Crippen LogP contribution is -2.43. The van der Waals surface area contributed by atoms with E-state index in [1.807, 2.05) is 48.7 Å². The van der Waals surface area contributed by atoms with Gasteiger partial charge < -0.3 is 14.5 Å². The lowest BCUT2D eigenvalue weighted by Gasteiger charge is -2.28. The first-order valence-corrected chi connectivity index (χ1v) is 11.2. The molecule has 2 aromatic carbocycles. The van der Waals surface area contributed by atoms with E-state index >= 15 is 0 Å². The Morgan fingerprint density at radius 3 is 2.44 bits per heavy atom. The van der Waals surface area contributed by atoms with Crippen molar-refractivity contribution < 1.29 is 18.7 Å². The third kappa shape index (κ3) is 6.48. The maximum atomic E-state index is 13.7. The van der Waals surface area contributed by atoms with Gasteiger partial charge in [0.15, 0.2) is 0 Å². The molecule has 0 aliphatic carbocycles. The van der Waals surface area contributed by atoms with Crippen LogP contribution in [0.5, 0.6) is 0 Å². The maximum Gasteiger partial charge on any atom is 0.254 e.